The summed E-state index contributed by atoms with van der Waals surface area (Å²) in [6.07, 6.45) is 0.216. The number of carbonyl (C=O) groups excluding carboxylic acids is 2. The summed E-state index contributed by atoms with van der Waals surface area (Å²) in [6, 6.07) is 10.8. The van der Waals surface area contributed by atoms with Gasteiger partial charge in [0.15, 0.2) is 0 Å². The van der Waals surface area contributed by atoms with Gasteiger partial charge in [0.2, 0.25) is 11.8 Å². The third-order valence-corrected chi connectivity index (χ3v) is 4.29. The Morgan fingerprint density at radius 1 is 1.23 bits per heavy atom. The molecular weight excluding hydrogens is 320 g/mol. The van der Waals surface area contributed by atoms with Crippen molar-refractivity contribution in [2.24, 2.45) is 0 Å². The van der Waals surface area contributed by atoms with Crippen LogP contribution in [-0.2, 0) is 16.1 Å². The molecule has 0 bridgehead atoms. The van der Waals surface area contributed by atoms with Crippen LogP contribution in [0.2, 0.25) is 5.02 Å². The highest BCUT2D eigenvalue weighted by Gasteiger charge is 2.17. The zero-order valence-corrected chi connectivity index (χ0v) is 13.7. The molecule has 0 unspecified atom stereocenters. The van der Waals surface area contributed by atoms with Crippen molar-refractivity contribution in [3.05, 3.63) is 57.2 Å². The molecule has 2 N–H and O–H groups in total. The lowest BCUT2D eigenvalue weighted by molar-refractivity contribution is -0.122. The second-order valence-corrected chi connectivity index (χ2v) is 6.29. The smallest absolute Gasteiger partial charge is 0.222 e. The summed E-state index contributed by atoms with van der Waals surface area (Å²) in [5.41, 5.74) is 0.977. The molecule has 4 nitrogen and oxygen atoms in total. The molecule has 1 aromatic heterocycles. The van der Waals surface area contributed by atoms with Crippen LogP contribution in [0, 0.1) is 0 Å². The number of benzene rings is 1. The van der Waals surface area contributed by atoms with Crippen LogP contribution in [0.25, 0.3) is 0 Å². The van der Waals surface area contributed by atoms with Crippen LogP contribution in [0.5, 0.6) is 0 Å². The van der Waals surface area contributed by atoms with E-state index in [1.807, 2.05) is 29.6 Å². The van der Waals surface area contributed by atoms with Crippen molar-refractivity contribution < 1.29 is 9.59 Å². The van der Waals surface area contributed by atoms with Crippen molar-refractivity contribution in [3.63, 3.8) is 0 Å². The first-order valence-corrected chi connectivity index (χ1v) is 8.12. The molecule has 6 heteroatoms. The summed E-state index contributed by atoms with van der Waals surface area (Å²) >= 11 is 7.34. The van der Waals surface area contributed by atoms with Gasteiger partial charge in [-0.3, -0.25) is 9.59 Å². The predicted octanol–water partition coefficient (Wildman–Crippen LogP) is 3.29. The van der Waals surface area contributed by atoms with E-state index >= 15 is 0 Å². The highest BCUT2D eigenvalue weighted by Crippen LogP contribution is 2.22. The number of halogens is 1. The Morgan fingerprint density at radius 2 is 1.95 bits per heavy atom. The Bertz CT molecular complexity index is 626. The van der Waals surface area contributed by atoms with E-state index < -0.39 is 0 Å². The quantitative estimate of drug-likeness (QED) is 0.850. The van der Waals surface area contributed by atoms with Crippen LogP contribution < -0.4 is 10.6 Å². The van der Waals surface area contributed by atoms with Crippen LogP contribution in [0.3, 0.4) is 0 Å². The van der Waals surface area contributed by atoms with E-state index in [0.29, 0.717) is 11.6 Å². The molecule has 116 valence electrons. The van der Waals surface area contributed by atoms with Gasteiger partial charge in [-0.2, -0.15) is 0 Å². The van der Waals surface area contributed by atoms with Gasteiger partial charge in [0.05, 0.1) is 12.5 Å². The Kier molecular flexibility index (Phi) is 5.98. The lowest BCUT2D eigenvalue weighted by Crippen LogP contribution is -2.32. The fourth-order valence-corrected chi connectivity index (χ4v) is 2.92. The summed E-state index contributed by atoms with van der Waals surface area (Å²) in [6.45, 7) is 1.89. The Labute approximate surface area is 138 Å². The number of thiophene rings is 1. The lowest BCUT2D eigenvalue weighted by Gasteiger charge is -2.16. The zero-order chi connectivity index (χ0) is 15.9. The van der Waals surface area contributed by atoms with E-state index in [-0.39, 0.29) is 24.3 Å². The second-order valence-electron chi connectivity index (χ2n) is 4.88. The first-order valence-electron chi connectivity index (χ1n) is 6.86. The molecule has 2 aromatic rings. The number of hydrogen-bond donors (Lipinski definition) is 2. The molecular formula is C16H17ClN2O2S. The SMILES string of the molecule is CC(=O)N[C@@H](CC(=O)NCc1ccc(Cl)cc1)c1cccs1. The van der Waals surface area contributed by atoms with E-state index in [1.54, 1.807) is 12.1 Å². The minimum Gasteiger partial charge on any atom is -0.352 e. The fourth-order valence-electron chi connectivity index (χ4n) is 2.02. The Hall–Kier alpha value is -1.85. The van der Waals surface area contributed by atoms with Gasteiger partial charge in [0.25, 0.3) is 0 Å². The van der Waals surface area contributed by atoms with Gasteiger partial charge < -0.3 is 10.6 Å². The van der Waals surface area contributed by atoms with Gasteiger partial charge in [0.1, 0.15) is 0 Å². The van der Waals surface area contributed by atoms with Crippen LogP contribution in [0.1, 0.15) is 29.8 Å². The van der Waals surface area contributed by atoms with E-state index in [1.165, 1.54) is 18.3 Å². The van der Waals surface area contributed by atoms with Gasteiger partial charge in [-0.1, -0.05) is 29.8 Å². The first kappa shape index (κ1) is 16.5. The molecule has 0 aliphatic heterocycles. The largest absolute Gasteiger partial charge is 0.352 e. The molecule has 0 fully saturated rings. The molecule has 0 spiro atoms. The van der Waals surface area contributed by atoms with E-state index in [9.17, 15) is 9.59 Å². The van der Waals surface area contributed by atoms with E-state index in [4.69, 9.17) is 11.6 Å². The van der Waals surface area contributed by atoms with Crippen molar-refractivity contribution in [2.75, 3.05) is 0 Å². The number of amides is 2. The first-order chi connectivity index (χ1) is 10.5. The molecule has 0 aliphatic rings. The van der Waals surface area contributed by atoms with Gasteiger partial charge >= 0.3 is 0 Å². The number of rotatable bonds is 6. The van der Waals surface area contributed by atoms with Gasteiger partial charge in [-0.25, -0.2) is 0 Å². The molecule has 0 aliphatic carbocycles. The summed E-state index contributed by atoms with van der Waals surface area (Å²) in [7, 11) is 0. The number of hydrogen-bond acceptors (Lipinski definition) is 3. The van der Waals surface area contributed by atoms with Gasteiger partial charge in [0, 0.05) is 23.4 Å². The normalized spacial score (nSPS) is 11.7. The van der Waals surface area contributed by atoms with Crippen molar-refractivity contribution in [3.8, 4) is 0 Å². The molecule has 1 atom stereocenters. The standard InChI is InChI=1S/C16H17ClN2O2S/c1-11(20)19-14(15-3-2-8-22-15)9-16(21)18-10-12-4-6-13(17)7-5-12/h2-8,14H,9-10H2,1H3,(H,18,21)(H,19,20)/t14-/m0/s1. The summed E-state index contributed by atoms with van der Waals surface area (Å²) in [5.74, 6) is -0.258. The highest BCUT2D eigenvalue weighted by atomic mass is 35.5. The Morgan fingerprint density at radius 3 is 2.55 bits per heavy atom. The maximum atomic E-state index is 12.1. The fraction of sp³-hybridized carbons (Fsp3) is 0.250. The van der Waals surface area contributed by atoms with Crippen LogP contribution >= 0.6 is 22.9 Å². The third kappa shape index (κ3) is 5.16. The monoisotopic (exact) mass is 336 g/mol. The highest BCUT2D eigenvalue weighted by molar-refractivity contribution is 7.10. The number of nitrogens with one attached hydrogen (secondary N) is 2. The van der Waals surface area contributed by atoms with Gasteiger partial charge in [-0.15, -0.1) is 11.3 Å². The Balaban J connectivity index is 1.90. The second kappa shape index (κ2) is 7.96. The van der Waals surface area contributed by atoms with Crippen LogP contribution in [0.15, 0.2) is 41.8 Å². The van der Waals surface area contributed by atoms with Crippen molar-refractivity contribution in [1.82, 2.24) is 10.6 Å². The van der Waals surface area contributed by atoms with Gasteiger partial charge in [-0.05, 0) is 29.1 Å². The molecule has 22 heavy (non-hydrogen) atoms. The summed E-state index contributed by atoms with van der Waals surface area (Å²) in [5, 5.41) is 8.26. The molecule has 2 rings (SSSR count). The summed E-state index contributed by atoms with van der Waals surface area (Å²) < 4.78 is 0. The molecule has 2 amide bonds. The van der Waals surface area contributed by atoms with E-state index in [0.717, 1.165) is 10.4 Å². The molecule has 0 radical (unpaired) electrons. The molecule has 1 heterocycles. The van der Waals surface area contributed by atoms with E-state index in [2.05, 4.69) is 10.6 Å². The van der Waals surface area contributed by atoms with Crippen LogP contribution in [0.4, 0.5) is 0 Å². The average Bonchev–Trinajstić information content (AvgIpc) is 3.00. The van der Waals surface area contributed by atoms with Crippen molar-refractivity contribution in [2.45, 2.75) is 25.9 Å². The predicted molar refractivity (Wildman–Crippen MR) is 88.8 cm³/mol. The minimum absolute atomic E-state index is 0.109. The maximum absolute atomic E-state index is 12.1. The molecule has 0 saturated carbocycles. The zero-order valence-electron chi connectivity index (χ0n) is 12.1. The number of carbonyl (C=O) groups is 2. The van der Waals surface area contributed by atoms with Crippen molar-refractivity contribution in [1.29, 1.82) is 0 Å². The summed E-state index contributed by atoms with van der Waals surface area (Å²) in [4.78, 5) is 24.3. The minimum atomic E-state index is -0.289. The third-order valence-electron chi connectivity index (χ3n) is 3.06. The molecule has 0 saturated heterocycles. The molecule has 1 aromatic carbocycles. The lowest BCUT2D eigenvalue weighted by atomic mass is 10.1. The topological polar surface area (TPSA) is 58.2 Å². The maximum Gasteiger partial charge on any atom is 0.222 e. The van der Waals surface area contributed by atoms with Crippen molar-refractivity contribution >= 4 is 34.8 Å². The van der Waals surface area contributed by atoms with Crippen LogP contribution in [-0.4, -0.2) is 11.8 Å². The average molecular weight is 337 g/mol.